The molecule has 5 nitrogen and oxygen atoms in total. The Morgan fingerprint density at radius 3 is 2.74 bits per heavy atom. The monoisotopic (exact) mass is 265 g/mol. The largest absolute Gasteiger partial charge is 0.373 e. The van der Waals surface area contributed by atoms with Gasteiger partial charge in [0.05, 0.1) is 24.4 Å². The van der Waals surface area contributed by atoms with E-state index in [4.69, 9.17) is 9.26 Å². The van der Waals surface area contributed by atoms with Gasteiger partial charge in [-0.2, -0.15) is 0 Å². The molecule has 0 aromatic carbocycles. The van der Waals surface area contributed by atoms with Gasteiger partial charge in [0.25, 0.3) is 0 Å². The average molecular weight is 265 g/mol. The summed E-state index contributed by atoms with van der Waals surface area (Å²) in [5.74, 6) is 0.953. The summed E-state index contributed by atoms with van der Waals surface area (Å²) in [4.78, 5) is 2.37. The van der Waals surface area contributed by atoms with Gasteiger partial charge in [-0.3, -0.25) is 4.90 Å². The quantitative estimate of drug-likeness (QED) is 0.875. The van der Waals surface area contributed by atoms with Crippen molar-refractivity contribution >= 4 is 0 Å². The van der Waals surface area contributed by atoms with E-state index in [-0.39, 0.29) is 0 Å². The fourth-order valence-electron chi connectivity index (χ4n) is 2.68. The van der Waals surface area contributed by atoms with Gasteiger partial charge in [0.1, 0.15) is 0 Å². The molecule has 0 bridgehead atoms. The molecule has 2 aliphatic rings. The fourth-order valence-corrected chi connectivity index (χ4v) is 2.68. The summed E-state index contributed by atoms with van der Waals surface area (Å²) in [5, 5.41) is 7.57. The third-order valence-electron chi connectivity index (χ3n) is 3.63. The van der Waals surface area contributed by atoms with Gasteiger partial charge in [-0.15, -0.1) is 0 Å². The lowest BCUT2D eigenvalue weighted by Gasteiger charge is -2.34. The minimum atomic E-state index is 0.294. The second kappa shape index (κ2) is 5.61. The Balaban J connectivity index is 1.51. The highest BCUT2D eigenvalue weighted by atomic mass is 16.5. The van der Waals surface area contributed by atoms with Crippen molar-refractivity contribution in [1.29, 1.82) is 0 Å². The Kier molecular flexibility index (Phi) is 3.86. The van der Waals surface area contributed by atoms with Gasteiger partial charge >= 0.3 is 0 Å². The highest BCUT2D eigenvalue weighted by molar-refractivity contribution is 5.06. The van der Waals surface area contributed by atoms with Crippen LogP contribution in [0.1, 0.15) is 38.1 Å². The third-order valence-corrected chi connectivity index (χ3v) is 3.63. The minimum Gasteiger partial charge on any atom is -0.373 e. The summed E-state index contributed by atoms with van der Waals surface area (Å²) in [6, 6.07) is 2.78. The van der Waals surface area contributed by atoms with E-state index in [0.29, 0.717) is 18.2 Å². The molecule has 0 spiro atoms. The van der Waals surface area contributed by atoms with E-state index >= 15 is 0 Å². The number of rotatable bonds is 5. The molecule has 5 heteroatoms. The highest BCUT2D eigenvalue weighted by Gasteiger charge is 2.24. The van der Waals surface area contributed by atoms with Gasteiger partial charge in [0.15, 0.2) is 5.76 Å². The maximum absolute atomic E-state index is 5.73. The molecule has 0 amide bonds. The van der Waals surface area contributed by atoms with E-state index in [2.05, 4.69) is 35.3 Å². The van der Waals surface area contributed by atoms with Gasteiger partial charge in [-0.05, 0) is 26.7 Å². The van der Waals surface area contributed by atoms with Crippen LogP contribution in [0.4, 0.5) is 0 Å². The lowest BCUT2D eigenvalue weighted by Crippen LogP contribution is -2.44. The van der Waals surface area contributed by atoms with Gasteiger partial charge in [-0.1, -0.05) is 5.16 Å². The van der Waals surface area contributed by atoms with Crippen LogP contribution in [0, 0.1) is 0 Å². The van der Waals surface area contributed by atoms with E-state index in [1.54, 1.807) is 0 Å². The van der Waals surface area contributed by atoms with Crippen molar-refractivity contribution < 1.29 is 9.26 Å². The Bertz CT molecular complexity index is 407. The second-order valence-corrected chi connectivity index (χ2v) is 5.89. The molecule has 1 aliphatic heterocycles. The standard InChI is InChI=1S/C14H23N3O2/c1-10-7-17(8-11(2)18-10)9-14-5-13(16-19-14)6-15-12-3-4-12/h5,10-12,15H,3-4,6-9H2,1-2H3. The normalized spacial score (nSPS) is 28.7. The molecular weight excluding hydrogens is 242 g/mol. The van der Waals surface area contributed by atoms with E-state index in [0.717, 1.165) is 37.6 Å². The van der Waals surface area contributed by atoms with Gasteiger partial charge in [0.2, 0.25) is 0 Å². The third kappa shape index (κ3) is 3.78. The first-order chi connectivity index (χ1) is 9.19. The van der Waals surface area contributed by atoms with Crippen LogP contribution in [-0.2, 0) is 17.8 Å². The number of hydrogen-bond acceptors (Lipinski definition) is 5. The first-order valence-corrected chi connectivity index (χ1v) is 7.24. The summed E-state index contributed by atoms with van der Waals surface area (Å²) in [5.41, 5.74) is 1.01. The SMILES string of the molecule is CC1CN(Cc2cc(CNC3CC3)no2)CC(C)O1. The Labute approximate surface area is 114 Å². The van der Waals surface area contributed by atoms with Crippen LogP contribution >= 0.6 is 0 Å². The summed E-state index contributed by atoms with van der Waals surface area (Å²) in [6.07, 6.45) is 3.19. The van der Waals surface area contributed by atoms with Crippen LogP contribution in [0.2, 0.25) is 0 Å². The molecule has 1 aromatic rings. The van der Waals surface area contributed by atoms with Gasteiger partial charge < -0.3 is 14.6 Å². The summed E-state index contributed by atoms with van der Waals surface area (Å²) in [6.45, 7) is 7.81. The minimum absolute atomic E-state index is 0.294. The Hall–Kier alpha value is -0.910. The zero-order valence-corrected chi connectivity index (χ0v) is 11.8. The number of nitrogens with zero attached hydrogens (tertiary/aromatic N) is 2. The molecule has 3 rings (SSSR count). The van der Waals surface area contributed by atoms with Crippen molar-refractivity contribution in [1.82, 2.24) is 15.4 Å². The van der Waals surface area contributed by atoms with Gasteiger partial charge in [-0.25, -0.2) is 0 Å². The predicted octanol–water partition coefficient (Wildman–Crippen LogP) is 1.54. The summed E-state index contributed by atoms with van der Waals surface area (Å²) < 4.78 is 11.2. The van der Waals surface area contributed by atoms with Crippen molar-refractivity contribution in [2.24, 2.45) is 0 Å². The van der Waals surface area contributed by atoms with Crippen molar-refractivity contribution in [3.8, 4) is 0 Å². The number of nitrogens with one attached hydrogen (secondary N) is 1. The summed E-state index contributed by atoms with van der Waals surface area (Å²) in [7, 11) is 0. The molecule has 1 saturated heterocycles. The Morgan fingerprint density at radius 1 is 1.32 bits per heavy atom. The lowest BCUT2D eigenvalue weighted by molar-refractivity contribution is -0.0721. The fraction of sp³-hybridized carbons (Fsp3) is 0.786. The molecule has 106 valence electrons. The molecule has 2 fully saturated rings. The summed E-state index contributed by atoms with van der Waals surface area (Å²) >= 11 is 0. The molecular formula is C14H23N3O2. The number of aromatic nitrogens is 1. The number of hydrogen-bond donors (Lipinski definition) is 1. The molecule has 2 heterocycles. The molecule has 0 radical (unpaired) electrons. The van der Waals surface area contributed by atoms with E-state index in [1.807, 2.05) is 0 Å². The molecule has 2 unspecified atom stereocenters. The smallest absolute Gasteiger partial charge is 0.151 e. The second-order valence-electron chi connectivity index (χ2n) is 5.89. The van der Waals surface area contributed by atoms with E-state index in [1.165, 1.54) is 12.8 Å². The Morgan fingerprint density at radius 2 is 2.05 bits per heavy atom. The molecule has 1 aromatic heterocycles. The van der Waals surface area contributed by atoms with Crippen molar-refractivity contribution in [3.63, 3.8) is 0 Å². The van der Waals surface area contributed by atoms with E-state index < -0.39 is 0 Å². The molecule has 2 atom stereocenters. The first-order valence-electron chi connectivity index (χ1n) is 7.24. The number of morpholine rings is 1. The van der Waals surface area contributed by atoms with Crippen LogP contribution in [0.3, 0.4) is 0 Å². The van der Waals surface area contributed by atoms with Crippen molar-refractivity contribution in [3.05, 3.63) is 17.5 Å². The lowest BCUT2D eigenvalue weighted by atomic mass is 10.2. The topological polar surface area (TPSA) is 50.5 Å². The van der Waals surface area contributed by atoms with Crippen LogP contribution in [0.25, 0.3) is 0 Å². The average Bonchev–Trinajstić information content (AvgIpc) is 3.06. The maximum Gasteiger partial charge on any atom is 0.151 e. The van der Waals surface area contributed by atoms with Gasteiger partial charge in [0, 0.05) is 31.7 Å². The first kappa shape index (κ1) is 13.1. The molecule has 19 heavy (non-hydrogen) atoms. The van der Waals surface area contributed by atoms with Crippen molar-refractivity contribution in [2.75, 3.05) is 13.1 Å². The highest BCUT2D eigenvalue weighted by Crippen LogP contribution is 2.19. The van der Waals surface area contributed by atoms with Crippen LogP contribution in [-0.4, -0.2) is 41.4 Å². The molecule has 1 N–H and O–H groups in total. The molecule has 1 saturated carbocycles. The maximum atomic E-state index is 5.73. The predicted molar refractivity (Wildman–Crippen MR) is 71.7 cm³/mol. The molecule has 1 aliphatic carbocycles. The van der Waals surface area contributed by atoms with Crippen LogP contribution < -0.4 is 5.32 Å². The van der Waals surface area contributed by atoms with Crippen molar-refractivity contribution in [2.45, 2.75) is 58.0 Å². The number of ether oxygens (including phenoxy) is 1. The zero-order chi connectivity index (χ0) is 13.2. The van der Waals surface area contributed by atoms with E-state index in [9.17, 15) is 0 Å². The van der Waals surface area contributed by atoms with Crippen LogP contribution in [0.15, 0.2) is 10.6 Å². The van der Waals surface area contributed by atoms with Crippen LogP contribution in [0.5, 0.6) is 0 Å². The zero-order valence-electron chi connectivity index (χ0n) is 11.8.